The average molecular weight is 543 g/mol. The Labute approximate surface area is 224 Å². The van der Waals surface area contributed by atoms with E-state index in [4.69, 9.17) is 21.9 Å². The van der Waals surface area contributed by atoms with Gasteiger partial charge >= 0.3 is 5.97 Å². The number of aliphatic hydroxyl groups excluding tert-OH is 2. The number of aliphatic hydroxyl groups is 2. The molecule has 0 aliphatic carbocycles. The van der Waals surface area contributed by atoms with E-state index < -0.39 is 42.5 Å². The Hall–Kier alpha value is -3.69. The van der Waals surface area contributed by atoms with Gasteiger partial charge in [-0.15, -0.1) is 0 Å². The van der Waals surface area contributed by atoms with Crippen molar-refractivity contribution in [3.8, 4) is 0 Å². The van der Waals surface area contributed by atoms with Crippen molar-refractivity contribution in [2.45, 2.75) is 56.3 Å². The summed E-state index contributed by atoms with van der Waals surface area (Å²) in [6.07, 6.45) is 0.991. The maximum atomic E-state index is 11.4. The second-order valence-corrected chi connectivity index (χ2v) is 9.68. The number of amides is 1. The van der Waals surface area contributed by atoms with Crippen molar-refractivity contribution in [3.05, 3.63) is 48.0 Å². The number of nitrogens with two attached hydrogens (primary N) is 3. The summed E-state index contributed by atoms with van der Waals surface area (Å²) in [7, 11) is 0. The zero-order valence-corrected chi connectivity index (χ0v) is 21.3. The van der Waals surface area contributed by atoms with E-state index in [0.29, 0.717) is 29.8 Å². The number of carboxylic acids is 1. The molecule has 14 heteroatoms. The van der Waals surface area contributed by atoms with Crippen LogP contribution in [0.4, 0.5) is 5.82 Å². The summed E-state index contributed by atoms with van der Waals surface area (Å²) in [6.45, 7) is 1.17. The highest BCUT2D eigenvalue weighted by Crippen LogP contribution is 2.32. The fourth-order valence-electron chi connectivity index (χ4n) is 4.70. The molecule has 210 valence electrons. The number of anilines is 1. The summed E-state index contributed by atoms with van der Waals surface area (Å²) < 4.78 is 7.57. The van der Waals surface area contributed by atoms with Crippen LogP contribution in [0.1, 0.15) is 41.4 Å². The zero-order chi connectivity index (χ0) is 28.1. The van der Waals surface area contributed by atoms with Crippen LogP contribution in [0, 0.1) is 0 Å². The summed E-state index contributed by atoms with van der Waals surface area (Å²) in [6, 6.07) is 6.13. The van der Waals surface area contributed by atoms with Crippen molar-refractivity contribution >= 4 is 28.9 Å². The third-order valence-electron chi connectivity index (χ3n) is 6.91. The van der Waals surface area contributed by atoms with Gasteiger partial charge in [-0.25, -0.2) is 15.0 Å². The molecule has 0 bridgehead atoms. The summed E-state index contributed by atoms with van der Waals surface area (Å²) in [5.74, 6) is -1.39. The number of aromatic nitrogens is 4. The number of aryl methyl sites for hydroxylation is 1. The number of carboxylic acid groups (broad SMARTS) is 1. The van der Waals surface area contributed by atoms with Gasteiger partial charge in [0, 0.05) is 18.7 Å². The molecule has 0 unspecified atom stereocenters. The molecular formula is C25H34N8O6. The number of aliphatic carboxylic acids is 1. The zero-order valence-electron chi connectivity index (χ0n) is 21.3. The molecule has 4 rings (SSSR count). The number of carbonyl (C=O) groups excluding carboxylic acids is 1. The predicted molar refractivity (Wildman–Crippen MR) is 140 cm³/mol. The Morgan fingerprint density at radius 2 is 1.92 bits per heavy atom. The number of benzene rings is 1. The molecule has 0 radical (unpaired) electrons. The number of ether oxygens (including phenoxy) is 1. The maximum absolute atomic E-state index is 11.4. The summed E-state index contributed by atoms with van der Waals surface area (Å²) >= 11 is 0. The van der Waals surface area contributed by atoms with Crippen molar-refractivity contribution in [1.29, 1.82) is 0 Å². The SMILES string of the molecule is NC(=O)c1cccc(CCCCN(CC[C@H](N)C(=O)O)C[C@H]2O[C@@H](n3cnc4c(N)ncnc43)[C@H](O)[C@@H]2O)c1. The molecule has 1 aliphatic rings. The van der Waals surface area contributed by atoms with E-state index in [9.17, 15) is 24.9 Å². The lowest BCUT2D eigenvalue weighted by Gasteiger charge is -2.27. The van der Waals surface area contributed by atoms with Crippen molar-refractivity contribution in [2.75, 3.05) is 25.4 Å². The Morgan fingerprint density at radius 1 is 1.13 bits per heavy atom. The minimum Gasteiger partial charge on any atom is -0.480 e. The predicted octanol–water partition coefficient (Wildman–Crippen LogP) is -0.746. The van der Waals surface area contributed by atoms with Crippen molar-refractivity contribution < 1.29 is 29.6 Å². The highest BCUT2D eigenvalue weighted by atomic mass is 16.6. The second kappa shape index (κ2) is 12.4. The minimum atomic E-state index is -1.26. The van der Waals surface area contributed by atoms with Gasteiger partial charge in [-0.2, -0.15) is 0 Å². The fraction of sp³-hybridized carbons (Fsp3) is 0.480. The molecule has 14 nitrogen and oxygen atoms in total. The first-order chi connectivity index (χ1) is 18.7. The molecule has 5 atom stereocenters. The van der Waals surface area contributed by atoms with Gasteiger partial charge in [-0.05, 0) is 49.9 Å². The summed E-state index contributed by atoms with van der Waals surface area (Å²) in [4.78, 5) is 36.9. The van der Waals surface area contributed by atoms with E-state index in [1.165, 1.54) is 17.2 Å². The largest absolute Gasteiger partial charge is 0.480 e. The maximum Gasteiger partial charge on any atom is 0.320 e. The third kappa shape index (κ3) is 6.66. The number of hydrogen-bond acceptors (Lipinski definition) is 11. The number of nitrogens with zero attached hydrogens (tertiary/aromatic N) is 5. The van der Waals surface area contributed by atoms with E-state index in [1.54, 1.807) is 18.2 Å². The van der Waals surface area contributed by atoms with Gasteiger partial charge in [0.25, 0.3) is 0 Å². The van der Waals surface area contributed by atoms with Crippen LogP contribution in [0.15, 0.2) is 36.9 Å². The van der Waals surface area contributed by atoms with Gasteiger partial charge in [0.05, 0.1) is 6.33 Å². The van der Waals surface area contributed by atoms with Crippen LogP contribution in [0.2, 0.25) is 0 Å². The molecule has 9 N–H and O–H groups in total. The Bertz CT molecular complexity index is 1300. The normalized spacial score (nSPS) is 21.9. The van der Waals surface area contributed by atoms with Crippen molar-refractivity contribution in [3.63, 3.8) is 0 Å². The summed E-state index contributed by atoms with van der Waals surface area (Å²) in [5, 5.41) is 30.8. The first-order valence-corrected chi connectivity index (χ1v) is 12.7. The molecule has 1 fully saturated rings. The van der Waals surface area contributed by atoms with Crippen molar-refractivity contribution in [2.24, 2.45) is 11.5 Å². The van der Waals surface area contributed by atoms with Crippen molar-refractivity contribution in [1.82, 2.24) is 24.4 Å². The van der Waals surface area contributed by atoms with E-state index in [0.717, 1.165) is 24.8 Å². The van der Waals surface area contributed by atoms with E-state index in [2.05, 4.69) is 15.0 Å². The number of fused-ring (bicyclic) bond motifs is 1. The lowest BCUT2D eigenvalue weighted by Crippen LogP contribution is -2.42. The first-order valence-electron chi connectivity index (χ1n) is 12.7. The molecule has 39 heavy (non-hydrogen) atoms. The molecule has 3 aromatic rings. The number of primary amides is 1. The number of hydrogen-bond donors (Lipinski definition) is 6. The van der Waals surface area contributed by atoms with E-state index >= 15 is 0 Å². The lowest BCUT2D eigenvalue weighted by molar-refractivity contribution is -0.138. The smallest absolute Gasteiger partial charge is 0.320 e. The van der Waals surface area contributed by atoms with Crippen LogP contribution in [0.3, 0.4) is 0 Å². The Kier molecular flexibility index (Phi) is 9.04. The standard InChI is InChI=1S/C25H34N8O6/c26-16(25(37)38)7-9-32(8-2-1-4-14-5-3-6-15(10-14)22(28)36)11-17-19(34)20(35)24(39-17)33-13-31-18-21(27)29-12-30-23(18)33/h3,5-6,10,12-13,16-17,19-20,24,34-35H,1-2,4,7-9,11,26H2,(H2,28,36)(H,37,38)(H2,27,29,30)/t16-,17+,19+,20+,24+/m0/s1. The molecule has 0 saturated carbocycles. The van der Waals surface area contributed by atoms with Crippen LogP contribution in [-0.4, -0.2) is 95.6 Å². The van der Waals surface area contributed by atoms with Gasteiger partial charge in [-0.1, -0.05) is 12.1 Å². The number of imidazole rings is 1. The highest BCUT2D eigenvalue weighted by Gasteiger charge is 2.44. The minimum absolute atomic E-state index is 0.186. The van der Waals surface area contributed by atoms with Gasteiger partial charge in [0.15, 0.2) is 17.7 Å². The first kappa shape index (κ1) is 28.3. The van der Waals surface area contributed by atoms with Crippen LogP contribution in [0.25, 0.3) is 11.2 Å². The quantitative estimate of drug-likeness (QED) is 0.147. The van der Waals surface area contributed by atoms with E-state index in [-0.39, 0.29) is 18.8 Å². The Morgan fingerprint density at radius 3 is 2.67 bits per heavy atom. The number of unbranched alkanes of at least 4 members (excludes halogenated alkanes) is 1. The molecule has 0 spiro atoms. The summed E-state index contributed by atoms with van der Waals surface area (Å²) in [5.41, 5.74) is 19.1. The van der Waals surface area contributed by atoms with Gasteiger partial charge < -0.3 is 42.2 Å². The second-order valence-electron chi connectivity index (χ2n) is 9.68. The monoisotopic (exact) mass is 542 g/mol. The average Bonchev–Trinajstić information content (AvgIpc) is 3.46. The molecule has 1 saturated heterocycles. The highest BCUT2D eigenvalue weighted by molar-refractivity contribution is 5.92. The van der Waals surface area contributed by atoms with E-state index in [1.807, 2.05) is 11.0 Å². The molecular weight excluding hydrogens is 508 g/mol. The third-order valence-corrected chi connectivity index (χ3v) is 6.91. The molecule has 1 aromatic carbocycles. The topological polar surface area (TPSA) is 229 Å². The van der Waals surface area contributed by atoms with Crippen LogP contribution >= 0.6 is 0 Å². The number of rotatable bonds is 13. The van der Waals surface area contributed by atoms with Crippen LogP contribution < -0.4 is 17.2 Å². The molecule has 1 amide bonds. The number of nitrogen functional groups attached to an aromatic ring is 1. The van der Waals surface area contributed by atoms with Gasteiger partial charge in [0.1, 0.15) is 36.2 Å². The fourth-order valence-corrected chi connectivity index (χ4v) is 4.70. The Balaban J connectivity index is 1.40. The molecule has 3 heterocycles. The molecule has 2 aromatic heterocycles. The van der Waals surface area contributed by atoms with Gasteiger partial charge in [0.2, 0.25) is 5.91 Å². The van der Waals surface area contributed by atoms with Gasteiger partial charge in [-0.3, -0.25) is 14.2 Å². The number of carbonyl (C=O) groups is 2. The van der Waals surface area contributed by atoms with Crippen LogP contribution in [-0.2, 0) is 16.0 Å². The van der Waals surface area contributed by atoms with Crippen LogP contribution in [0.5, 0.6) is 0 Å². The lowest BCUT2D eigenvalue weighted by atomic mass is 10.0. The molecule has 1 aliphatic heterocycles.